The van der Waals surface area contributed by atoms with Crippen molar-refractivity contribution in [2.24, 2.45) is 0 Å². The lowest BCUT2D eigenvalue weighted by molar-refractivity contribution is 0.106. The first kappa shape index (κ1) is 24.8. The van der Waals surface area contributed by atoms with Gasteiger partial charge in [0.05, 0.1) is 11.4 Å². The Balaban J connectivity index is 1.15. The number of aryl methyl sites for hydroxylation is 2. The number of rotatable bonds is 12. The van der Waals surface area contributed by atoms with E-state index in [-0.39, 0.29) is 12.4 Å². The fourth-order valence-corrected chi connectivity index (χ4v) is 4.14. The molecule has 3 N–H and O–H groups in total. The Morgan fingerprint density at radius 2 is 1.80 bits per heavy atom. The van der Waals surface area contributed by atoms with Gasteiger partial charge >= 0.3 is 0 Å². The summed E-state index contributed by atoms with van der Waals surface area (Å²) in [6.45, 7) is 5.03. The SMILES string of the molecule is Cc1noc(C)c1-c1nc(CSc2ccc(CCNC[C@H](O)COc3ccc(O)cc3)cc2)no1. The van der Waals surface area contributed by atoms with Gasteiger partial charge in [0.25, 0.3) is 5.89 Å². The molecule has 10 heteroatoms. The smallest absolute Gasteiger partial charge is 0.263 e. The Morgan fingerprint density at radius 1 is 1.03 bits per heavy atom. The van der Waals surface area contributed by atoms with Crippen molar-refractivity contribution in [3.05, 3.63) is 71.4 Å². The first-order chi connectivity index (χ1) is 17.0. The topological polar surface area (TPSA) is 127 Å². The fourth-order valence-electron chi connectivity index (χ4n) is 3.40. The van der Waals surface area contributed by atoms with Gasteiger partial charge in [0.1, 0.15) is 35.5 Å². The van der Waals surface area contributed by atoms with Gasteiger partial charge in [-0.1, -0.05) is 22.4 Å². The number of aromatic nitrogens is 3. The second-order valence-corrected chi connectivity index (χ2v) is 9.11. The maximum absolute atomic E-state index is 10.1. The second-order valence-electron chi connectivity index (χ2n) is 8.06. The summed E-state index contributed by atoms with van der Waals surface area (Å²) in [6, 6.07) is 14.8. The van der Waals surface area contributed by atoms with Crippen molar-refractivity contribution in [2.75, 3.05) is 19.7 Å². The Hall–Kier alpha value is -3.34. The molecule has 0 fully saturated rings. The highest BCUT2D eigenvalue weighted by molar-refractivity contribution is 7.98. The van der Waals surface area contributed by atoms with Crippen LogP contribution in [0.5, 0.6) is 11.5 Å². The lowest BCUT2D eigenvalue weighted by atomic mass is 10.1. The average Bonchev–Trinajstić information content (AvgIpc) is 3.46. The summed E-state index contributed by atoms with van der Waals surface area (Å²) in [4.78, 5) is 5.58. The highest BCUT2D eigenvalue weighted by Crippen LogP contribution is 2.27. The van der Waals surface area contributed by atoms with Crippen LogP contribution in [0.15, 0.2) is 62.5 Å². The van der Waals surface area contributed by atoms with Crippen molar-refractivity contribution < 1.29 is 24.0 Å². The zero-order chi connectivity index (χ0) is 24.6. The lowest BCUT2D eigenvalue weighted by Gasteiger charge is -2.13. The highest BCUT2D eigenvalue weighted by atomic mass is 32.2. The van der Waals surface area contributed by atoms with Crippen molar-refractivity contribution in [3.8, 4) is 23.0 Å². The minimum atomic E-state index is -0.620. The third-order valence-electron chi connectivity index (χ3n) is 5.26. The Morgan fingerprint density at radius 3 is 2.51 bits per heavy atom. The zero-order valence-corrected chi connectivity index (χ0v) is 20.4. The average molecular weight is 497 g/mol. The number of thioether (sulfide) groups is 1. The number of benzene rings is 2. The van der Waals surface area contributed by atoms with E-state index in [0.717, 1.165) is 29.1 Å². The Bertz CT molecular complexity index is 1190. The number of nitrogens with one attached hydrogen (secondary N) is 1. The molecule has 2 heterocycles. The molecule has 2 aromatic heterocycles. The molecule has 1 atom stereocenters. The molecule has 0 aliphatic carbocycles. The molecule has 0 saturated carbocycles. The maximum Gasteiger partial charge on any atom is 0.263 e. The van der Waals surface area contributed by atoms with E-state index in [1.54, 1.807) is 36.0 Å². The number of phenols is 1. The van der Waals surface area contributed by atoms with Crippen molar-refractivity contribution in [3.63, 3.8) is 0 Å². The Labute approximate surface area is 207 Å². The van der Waals surface area contributed by atoms with Gasteiger partial charge in [-0.15, -0.1) is 11.8 Å². The van der Waals surface area contributed by atoms with Crippen LogP contribution in [0.4, 0.5) is 0 Å². The summed E-state index contributed by atoms with van der Waals surface area (Å²) < 4.78 is 16.1. The molecule has 35 heavy (non-hydrogen) atoms. The maximum atomic E-state index is 10.1. The van der Waals surface area contributed by atoms with Gasteiger partial charge in [-0.25, -0.2) is 0 Å². The fraction of sp³-hybridized carbons (Fsp3) is 0.320. The number of aromatic hydroxyl groups is 1. The predicted octanol–water partition coefficient (Wildman–Crippen LogP) is 3.91. The lowest BCUT2D eigenvalue weighted by Crippen LogP contribution is -2.32. The number of hydrogen-bond acceptors (Lipinski definition) is 10. The summed E-state index contributed by atoms with van der Waals surface area (Å²) in [5, 5.41) is 30.6. The van der Waals surface area contributed by atoms with E-state index in [0.29, 0.717) is 35.5 Å². The van der Waals surface area contributed by atoms with Crippen LogP contribution in [0.25, 0.3) is 11.5 Å². The molecule has 4 rings (SSSR count). The number of phenolic OH excluding ortho intramolecular Hbond substituents is 1. The number of ether oxygens (including phenoxy) is 1. The van der Waals surface area contributed by atoms with E-state index < -0.39 is 6.10 Å². The normalized spacial score (nSPS) is 12.1. The van der Waals surface area contributed by atoms with Crippen molar-refractivity contribution in [2.45, 2.75) is 37.0 Å². The van der Waals surface area contributed by atoms with E-state index in [9.17, 15) is 10.2 Å². The number of aliphatic hydroxyl groups excluding tert-OH is 1. The third-order valence-corrected chi connectivity index (χ3v) is 6.26. The monoisotopic (exact) mass is 496 g/mol. The first-order valence-corrected chi connectivity index (χ1v) is 12.2. The van der Waals surface area contributed by atoms with Crippen molar-refractivity contribution in [1.29, 1.82) is 0 Å². The molecular weight excluding hydrogens is 468 g/mol. The van der Waals surface area contributed by atoms with Gasteiger partial charge < -0.3 is 29.3 Å². The summed E-state index contributed by atoms with van der Waals surface area (Å²) in [5.41, 5.74) is 2.69. The van der Waals surface area contributed by atoms with Crippen LogP contribution >= 0.6 is 11.8 Å². The minimum Gasteiger partial charge on any atom is -0.508 e. The number of nitrogens with zero attached hydrogens (tertiary/aromatic N) is 3. The number of hydrogen-bond donors (Lipinski definition) is 3. The van der Waals surface area contributed by atoms with Gasteiger partial charge in [0.2, 0.25) is 0 Å². The van der Waals surface area contributed by atoms with Crippen LogP contribution in [-0.4, -0.2) is 51.3 Å². The Kier molecular flexibility index (Phi) is 8.40. The van der Waals surface area contributed by atoms with Crippen LogP contribution in [0.2, 0.25) is 0 Å². The van der Waals surface area contributed by atoms with Crippen LogP contribution < -0.4 is 10.1 Å². The molecule has 0 aliphatic heterocycles. The summed E-state index contributed by atoms with van der Waals surface area (Å²) in [6.07, 6.45) is 0.230. The van der Waals surface area contributed by atoms with E-state index in [1.807, 2.05) is 13.8 Å². The number of aliphatic hydroxyl groups is 1. The minimum absolute atomic E-state index is 0.182. The van der Waals surface area contributed by atoms with E-state index in [4.69, 9.17) is 13.8 Å². The van der Waals surface area contributed by atoms with Gasteiger partial charge in [-0.2, -0.15) is 4.98 Å². The van der Waals surface area contributed by atoms with Crippen molar-refractivity contribution >= 4 is 11.8 Å². The zero-order valence-electron chi connectivity index (χ0n) is 19.6. The predicted molar refractivity (Wildman–Crippen MR) is 131 cm³/mol. The standard InChI is InChI=1S/C25H28N4O5S/c1-16-24(17(2)33-28-16)25-27-23(29-34-25)15-35-22-9-3-18(4-10-22)11-12-26-13-20(31)14-32-21-7-5-19(30)6-8-21/h3-10,20,26,30-31H,11-15H2,1-2H3/t20-/m0/s1. The van der Waals surface area contributed by atoms with E-state index in [1.165, 1.54) is 5.56 Å². The van der Waals surface area contributed by atoms with Gasteiger partial charge in [0.15, 0.2) is 5.82 Å². The van der Waals surface area contributed by atoms with Crippen molar-refractivity contribution in [1.82, 2.24) is 20.6 Å². The molecule has 0 spiro atoms. The summed E-state index contributed by atoms with van der Waals surface area (Å²) in [7, 11) is 0. The summed E-state index contributed by atoms with van der Waals surface area (Å²) in [5.74, 6) is 3.09. The highest BCUT2D eigenvalue weighted by Gasteiger charge is 2.18. The van der Waals surface area contributed by atoms with E-state index in [2.05, 4.69) is 44.9 Å². The molecule has 9 nitrogen and oxygen atoms in total. The molecule has 0 aliphatic rings. The molecule has 0 amide bonds. The van der Waals surface area contributed by atoms with Crippen LogP contribution in [0.1, 0.15) is 22.8 Å². The molecule has 0 saturated heterocycles. The molecular formula is C25H28N4O5S. The van der Waals surface area contributed by atoms with Gasteiger partial charge in [-0.05, 0) is 68.8 Å². The molecule has 0 bridgehead atoms. The summed E-state index contributed by atoms with van der Waals surface area (Å²) >= 11 is 1.64. The third kappa shape index (κ3) is 7.08. The molecule has 0 unspecified atom stereocenters. The molecule has 184 valence electrons. The van der Waals surface area contributed by atoms with Crippen LogP contribution in [0.3, 0.4) is 0 Å². The second kappa shape index (κ2) is 11.9. The van der Waals surface area contributed by atoms with E-state index >= 15 is 0 Å². The van der Waals surface area contributed by atoms with Gasteiger partial charge in [0, 0.05) is 11.4 Å². The van der Waals surface area contributed by atoms with Gasteiger partial charge in [-0.3, -0.25) is 0 Å². The molecule has 2 aromatic carbocycles. The largest absolute Gasteiger partial charge is 0.508 e. The van der Waals surface area contributed by atoms with Crippen LogP contribution in [0, 0.1) is 13.8 Å². The first-order valence-electron chi connectivity index (χ1n) is 11.3. The quantitative estimate of drug-likeness (QED) is 0.196. The molecule has 4 aromatic rings. The van der Waals surface area contributed by atoms with Crippen LogP contribution in [-0.2, 0) is 12.2 Å². The molecule has 0 radical (unpaired) electrons.